The summed E-state index contributed by atoms with van der Waals surface area (Å²) in [5, 5.41) is 3.28. The Labute approximate surface area is 118 Å². The molecular weight excluding hydrogens is 320 g/mol. The summed E-state index contributed by atoms with van der Waals surface area (Å²) in [7, 11) is 1.73. The Morgan fingerprint density at radius 2 is 2.28 bits per heavy atom. The van der Waals surface area contributed by atoms with E-state index >= 15 is 0 Å². The Kier molecular flexibility index (Phi) is 3.92. The zero-order valence-electron chi connectivity index (χ0n) is 9.74. The normalized spacial score (nSPS) is 19.2. The van der Waals surface area contributed by atoms with Crippen LogP contribution >= 0.6 is 27.5 Å². The van der Waals surface area contributed by atoms with Gasteiger partial charge in [0.05, 0.1) is 5.56 Å². The number of hydrogen-bond donors (Lipinski definition) is 1. The number of rotatable bonds is 2. The number of hydrogen-bond acceptors (Lipinski definition) is 2. The van der Waals surface area contributed by atoms with Crippen LogP contribution in [0.15, 0.2) is 22.7 Å². The molecule has 1 aliphatic heterocycles. The SMILES string of the molecule is CN1CCC(NC(=O)c2ccc(Cl)cc2Br)C1=O. The van der Waals surface area contributed by atoms with Crippen molar-refractivity contribution in [2.75, 3.05) is 13.6 Å². The van der Waals surface area contributed by atoms with Crippen LogP contribution in [0.2, 0.25) is 5.02 Å². The number of amides is 2. The summed E-state index contributed by atoms with van der Waals surface area (Å²) >= 11 is 9.10. The van der Waals surface area contributed by atoms with E-state index in [1.54, 1.807) is 30.1 Å². The number of likely N-dealkylation sites (tertiary alicyclic amines) is 1. The molecule has 0 radical (unpaired) electrons. The van der Waals surface area contributed by atoms with Gasteiger partial charge in [0.1, 0.15) is 6.04 Å². The molecule has 4 nitrogen and oxygen atoms in total. The molecule has 0 aliphatic carbocycles. The minimum Gasteiger partial charge on any atom is -0.344 e. The number of carbonyl (C=O) groups excluding carboxylic acids is 2. The molecule has 0 spiro atoms. The predicted molar refractivity (Wildman–Crippen MR) is 72.7 cm³/mol. The van der Waals surface area contributed by atoms with Crippen molar-refractivity contribution in [3.8, 4) is 0 Å². The van der Waals surface area contributed by atoms with Crippen molar-refractivity contribution in [2.24, 2.45) is 0 Å². The van der Waals surface area contributed by atoms with Crippen LogP contribution in [-0.2, 0) is 4.79 Å². The topological polar surface area (TPSA) is 49.4 Å². The molecule has 1 aromatic carbocycles. The van der Waals surface area contributed by atoms with Crippen molar-refractivity contribution in [1.29, 1.82) is 0 Å². The maximum atomic E-state index is 12.0. The summed E-state index contributed by atoms with van der Waals surface area (Å²) in [6.07, 6.45) is 0.645. The first-order chi connectivity index (χ1) is 8.49. The maximum Gasteiger partial charge on any atom is 0.253 e. The van der Waals surface area contributed by atoms with Crippen molar-refractivity contribution < 1.29 is 9.59 Å². The van der Waals surface area contributed by atoms with Crippen molar-refractivity contribution in [3.63, 3.8) is 0 Å². The van der Waals surface area contributed by atoms with E-state index in [0.717, 1.165) is 0 Å². The van der Waals surface area contributed by atoms with Crippen LogP contribution in [0.1, 0.15) is 16.8 Å². The molecule has 1 fully saturated rings. The van der Waals surface area contributed by atoms with Crippen molar-refractivity contribution in [1.82, 2.24) is 10.2 Å². The van der Waals surface area contributed by atoms with Crippen LogP contribution in [0.25, 0.3) is 0 Å². The molecule has 2 amide bonds. The Balaban J connectivity index is 2.11. The quantitative estimate of drug-likeness (QED) is 0.902. The molecular formula is C12H12BrClN2O2. The fourth-order valence-corrected chi connectivity index (χ4v) is 2.73. The lowest BCUT2D eigenvalue weighted by molar-refractivity contribution is -0.128. The highest BCUT2D eigenvalue weighted by Gasteiger charge is 2.30. The third-order valence-corrected chi connectivity index (χ3v) is 3.80. The molecule has 1 unspecified atom stereocenters. The average molecular weight is 332 g/mol. The van der Waals surface area contributed by atoms with E-state index in [4.69, 9.17) is 11.6 Å². The number of benzene rings is 1. The minimum atomic E-state index is -0.426. The summed E-state index contributed by atoms with van der Waals surface area (Å²) in [5.41, 5.74) is 0.474. The molecule has 1 aromatic rings. The van der Waals surface area contributed by atoms with Crippen LogP contribution in [0.5, 0.6) is 0 Å². The Hall–Kier alpha value is -1.07. The molecule has 1 heterocycles. The van der Waals surface area contributed by atoms with E-state index in [9.17, 15) is 9.59 Å². The molecule has 18 heavy (non-hydrogen) atoms. The number of carbonyl (C=O) groups is 2. The molecule has 96 valence electrons. The molecule has 1 aliphatic rings. The maximum absolute atomic E-state index is 12.0. The molecule has 1 saturated heterocycles. The summed E-state index contributed by atoms with van der Waals surface area (Å²) in [4.78, 5) is 25.3. The van der Waals surface area contributed by atoms with Gasteiger partial charge >= 0.3 is 0 Å². The van der Waals surface area contributed by atoms with Gasteiger partial charge in [0.15, 0.2) is 0 Å². The highest BCUT2D eigenvalue weighted by molar-refractivity contribution is 9.10. The summed E-state index contributed by atoms with van der Waals surface area (Å²) < 4.78 is 0.617. The predicted octanol–water partition coefficient (Wildman–Crippen LogP) is 2.06. The lowest BCUT2D eigenvalue weighted by Gasteiger charge is -2.13. The second kappa shape index (κ2) is 5.28. The number of nitrogens with one attached hydrogen (secondary N) is 1. The third kappa shape index (κ3) is 2.67. The highest BCUT2D eigenvalue weighted by Crippen LogP contribution is 2.22. The number of likely N-dealkylation sites (N-methyl/N-ethyl adjacent to an activating group) is 1. The van der Waals surface area contributed by atoms with E-state index in [-0.39, 0.29) is 11.8 Å². The van der Waals surface area contributed by atoms with Crippen LogP contribution in [0.4, 0.5) is 0 Å². The summed E-state index contributed by atoms with van der Waals surface area (Å²) in [6, 6.07) is 4.50. The smallest absolute Gasteiger partial charge is 0.253 e. The molecule has 0 aromatic heterocycles. The first-order valence-electron chi connectivity index (χ1n) is 5.50. The lowest BCUT2D eigenvalue weighted by Crippen LogP contribution is -2.40. The molecule has 2 rings (SSSR count). The van der Waals surface area contributed by atoms with E-state index in [1.165, 1.54) is 0 Å². The van der Waals surface area contributed by atoms with Gasteiger partial charge in [-0.3, -0.25) is 9.59 Å². The van der Waals surface area contributed by atoms with Gasteiger partial charge in [0.25, 0.3) is 5.91 Å². The van der Waals surface area contributed by atoms with Crippen LogP contribution in [-0.4, -0.2) is 36.3 Å². The first kappa shape index (κ1) is 13.4. The van der Waals surface area contributed by atoms with Gasteiger partial charge < -0.3 is 10.2 Å². The van der Waals surface area contributed by atoms with Gasteiger partial charge in [0, 0.05) is 23.1 Å². The zero-order chi connectivity index (χ0) is 13.3. The standard InChI is InChI=1S/C12H12BrClN2O2/c1-16-5-4-10(12(16)18)15-11(17)8-3-2-7(14)6-9(8)13/h2-3,6,10H,4-5H2,1H3,(H,15,17). The first-order valence-corrected chi connectivity index (χ1v) is 6.67. The second-order valence-corrected chi connectivity index (χ2v) is 5.49. The minimum absolute atomic E-state index is 0.0477. The third-order valence-electron chi connectivity index (χ3n) is 2.91. The fraction of sp³-hybridized carbons (Fsp3) is 0.333. The van der Waals surface area contributed by atoms with Gasteiger partial charge in [-0.1, -0.05) is 11.6 Å². The van der Waals surface area contributed by atoms with E-state index in [1.807, 2.05) is 0 Å². The van der Waals surface area contributed by atoms with Crippen LogP contribution < -0.4 is 5.32 Å². The largest absolute Gasteiger partial charge is 0.344 e. The zero-order valence-corrected chi connectivity index (χ0v) is 12.1. The molecule has 6 heteroatoms. The van der Waals surface area contributed by atoms with Crippen molar-refractivity contribution in [3.05, 3.63) is 33.3 Å². The monoisotopic (exact) mass is 330 g/mol. The van der Waals surface area contributed by atoms with Gasteiger partial charge in [-0.2, -0.15) is 0 Å². The Morgan fingerprint density at radius 3 is 2.83 bits per heavy atom. The summed E-state index contributed by atoms with van der Waals surface area (Å²) in [6.45, 7) is 0.672. The fourth-order valence-electron chi connectivity index (χ4n) is 1.87. The van der Waals surface area contributed by atoms with Gasteiger partial charge in [-0.05, 0) is 40.5 Å². The molecule has 1 atom stereocenters. The van der Waals surface area contributed by atoms with Crippen LogP contribution in [0, 0.1) is 0 Å². The summed E-state index contributed by atoms with van der Waals surface area (Å²) in [5.74, 6) is -0.319. The van der Waals surface area contributed by atoms with Gasteiger partial charge in [-0.25, -0.2) is 0 Å². The lowest BCUT2D eigenvalue weighted by atomic mass is 10.2. The van der Waals surface area contributed by atoms with E-state index < -0.39 is 6.04 Å². The molecule has 0 saturated carbocycles. The number of nitrogens with zero attached hydrogens (tertiary/aromatic N) is 1. The van der Waals surface area contributed by atoms with Crippen molar-refractivity contribution in [2.45, 2.75) is 12.5 Å². The second-order valence-electron chi connectivity index (χ2n) is 4.20. The highest BCUT2D eigenvalue weighted by atomic mass is 79.9. The van der Waals surface area contributed by atoms with Crippen LogP contribution in [0.3, 0.4) is 0 Å². The van der Waals surface area contributed by atoms with Gasteiger partial charge in [0.2, 0.25) is 5.91 Å². The molecule has 0 bridgehead atoms. The van der Waals surface area contributed by atoms with Gasteiger partial charge in [-0.15, -0.1) is 0 Å². The number of halogens is 2. The van der Waals surface area contributed by atoms with Crippen molar-refractivity contribution >= 4 is 39.3 Å². The Bertz CT molecular complexity index is 507. The molecule has 1 N–H and O–H groups in total. The average Bonchev–Trinajstić information content (AvgIpc) is 2.61. The van der Waals surface area contributed by atoms with E-state index in [0.29, 0.717) is 28.0 Å². The van der Waals surface area contributed by atoms with E-state index in [2.05, 4.69) is 21.2 Å². The Morgan fingerprint density at radius 1 is 1.56 bits per heavy atom.